The fourth-order valence-corrected chi connectivity index (χ4v) is 5.30. The van der Waals surface area contributed by atoms with E-state index in [-0.39, 0.29) is 24.1 Å². The van der Waals surface area contributed by atoms with Gasteiger partial charge in [0.1, 0.15) is 5.60 Å². The van der Waals surface area contributed by atoms with Gasteiger partial charge >= 0.3 is 12.1 Å². The Morgan fingerprint density at radius 3 is 2.51 bits per heavy atom. The number of nitrogens with zero attached hydrogens (tertiary/aromatic N) is 3. The zero-order valence-corrected chi connectivity index (χ0v) is 22.7. The van der Waals surface area contributed by atoms with Crippen molar-refractivity contribution in [3.63, 3.8) is 0 Å². The second-order valence-corrected chi connectivity index (χ2v) is 11.6. The summed E-state index contributed by atoms with van der Waals surface area (Å²) in [6.45, 7) is 10.2. The Morgan fingerprint density at radius 2 is 1.81 bits per heavy atom. The van der Waals surface area contributed by atoms with Crippen LogP contribution in [0, 0.1) is 0 Å². The summed E-state index contributed by atoms with van der Waals surface area (Å²) in [7, 11) is 0. The molecule has 3 heterocycles. The summed E-state index contributed by atoms with van der Waals surface area (Å²) in [6, 6.07) is 11.1. The van der Waals surface area contributed by atoms with Crippen molar-refractivity contribution in [1.82, 2.24) is 20.0 Å². The number of amides is 4. The molecule has 37 heavy (non-hydrogen) atoms. The molecular formula is C27H37N5O4S. The molecular weight excluding hydrogens is 490 g/mol. The minimum Gasteiger partial charge on any atom is -0.444 e. The van der Waals surface area contributed by atoms with Crippen molar-refractivity contribution in [3.05, 3.63) is 52.2 Å². The van der Waals surface area contributed by atoms with E-state index in [4.69, 9.17) is 4.74 Å². The maximum absolute atomic E-state index is 13.1. The highest BCUT2D eigenvalue weighted by Gasteiger charge is 2.32. The first-order valence-corrected chi connectivity index (χ1v) is 13.7. The van der Waals surface area contributed by atoms with Crippen LogP contribution in [0.15, 0.2) is 41.8 Å². The summed E-state index contributed by atoms with van der Waals surface area (Å²) in [5.41, 5.74) is 0.606. The summed E-state index contributed by atoms with van der Waals surface area (Å²) in [4.78, 5) is 45.1. The van der Waals surface area contributed by atoms with Gasteiger partial charge in [-0.1, -0.05) is 12.1 Å². The predicted molar refractivity (Wildman–Crippen MR) is 145 cm³/mol. The van der Waals surface area contributed by atoms with E-state index < -0.39 is 5.60 Å². The highest BCUT2D eigenvalue weighted by Crippen LogP contribution is 2.20. The van der Waals surface area contributed by atoms with Gasteiger partial charge in [0.25, 0.3) is 5.91 Å². The molecule has 10 heteroatoms. The van der Waals surface area contributed by atoms with Crippen molar-refractivity contribution >= 4 is 35.1 Å². The number of hydrogen-bond donors (Lipinski definition) is 2. The molecule has 2 fully saturated rings. The van der Waals surface area contributed by atoms with Gasteiger partial charge in [0.05, 0.1) is 6.54 Å². The molecule has 4 amide bonds. The summed E-state index contributed by atoms with van der Waals surface area (Å²) < 4.78 is 5.50. The van der Waals surface area contributed by atoms with E-state index in [1.807, 2.05) is 43.2 Å². The van der Waals surface area contributed by atoms with Crippen molar-refractivity contribution < 1.29 is 19.1 Å². The van der Waals surface area contributed by atoms with Gasteiger partial charge in [0.15, 0.2) is 0 Å². The van der Waals surface area contributed by atoms with Crippen LogP contribution in [0.3, 0.4) is 0 Å². The summed E-state index contributed by atoms with van der Waals surface area (Å²) in [6.07, 6.45) is 1.69. The molecule has 9 nitrogen and oxygen atoms in total. The molecule has 1 atom stereocenters. The number of hydrogen-bond acceptors (Lipinski definition) is 6. The number of rotatable bonds is 5. The number of piperidine rings is 1. The van der Waals surface area contributed by atoms with Gasteiger partial charge in [-0.15, -0.1) is 11.3 Å². The van der Waals surface area contributed by atoms with Crippen molar-refractivity contribution in [2.24, 2.45) is 0 Å². The number of piperazine rings is 1. The quantitative estimate of drug-likeness (QED) is 0.607. The summed E-state index contributed by atoms with van der Waals surface area (Å²) >= 11 is 1.60. The third-order valence-corrected chi connectivity index (χ3v) is 7.42. The molecule has 0 aliphatic carbocycles. The maximum Gasteiger partial charge on any atom is 0.410 e. The van der Waals surface area contributed by atoms with E-state index in [1.165, 1.54) is 0 Å². The minimum absolute atomic E-state index is 0.159. The predicted octanol–water partition coefficient (Wildman–Crippen LogP) is 4.23. The zero-order valence-electron chi connectivity index (χ0n) is 21.9. The minimum atomic E-state index is -0.501. The van der Waals surface area contributed by atoms with Gasteiger partial charge in [-0.05, 0) is 63.3 Å². The largest absolute Gasteiger partial charge is 0.444 e. The topological polar surface area (TPSA) is 94.2 Å². The first-order valence-electron chi connectivity index (χ1n) is 12.9. The Morgan fingerprint density at radius 1 is 1.03 bits per heavy atom. The van der Waals surface area contributed by atoms with E-state index in [9.17, 15) is 14.4 Å². The molecule has 1 unspecified atom stereocenters. The Bertz CT molecular complexity index is 1080. The van der Waals surface area contributed by atoms with E-state index >= 15 is 0 Å². The molecule has 1 aromatic carbocycles. The maximum atomic E-state index is 13.1. The highest BCUT2D eigenvalue weighted by molar-refractivity contribution is 7.09. The van der Waals surface area contributed by atoms with Crippen LogP contribution in [-0.2, 0) is 11.3 Å². The third-order valence-electron chi connectivity index (χ3n) is 6.55. The summed E-state index contributed by atoms with van der Waals surface area (Å²) in [5.74, 6) is -0.173. The van der Waals surface area contributed by atoms with Crippen LogP contribution in [0.2, 0.25) is 0 Å². The van der Waals surface area contributed by atoms with Gasteiger partial charge in [-0.25, -0.2) is 9.59 Å². The van der Waals surface area contributed by atoms with Crippen LogP contribution in [0.4, 0.5) is 15.3 Å². The van der Waals surface area contributed by atoms with Crippen LogP contribution in [0.5, 0.6) is 0 Å². The zero-order chi connectivity index (χ0) is 26.4. The smallest absolute Gasteiger partial charge is 0.410 e. The van der Waals surface area contributed by atoms with Crippen LogP contribution in [0.1, 0.15) is 48.8 Å². The van der Waals surface area contributed by atoms with Crippen molar-refractivity contribution in [2.45, 2.75) is 51.8 Å². The van der Waals surface area contributed by atoms with E-state index in [0.29, 0.717) is 44.0 Å². The fourth-order valence-electron chi connectivity index (χ4n) is 4.66. The van der Waals surface area contributed by atoms with Crippen LogP contribution < -0.4 is 10.6 Å². The Hall–Kier alpha value is -3.11. The molecule has 4 rings (SSSR count). The van der Waals surface area contributed by atoms with Gasteiger partial charge in [0.2, 0.25) is 0 Å². The van der Waals surface area contributed by atoms with Crippen molar-refractivity contribution in [2.75, 3.05) is 44.6 Å². The number of nitrogens with one attached hydrogen (secondary N) is 2. The van der Waals surface area contributed by atoms with Crippen molar-refractivity contribution in [3.8, 4) is 0 Å². The number of benzene rings is 1. The average molecular weight is 528 g/mol. The number of urea groups is 1. The number of carbonyl (C=O) groups excluding carboxylic acids is 3. The van der Waals surface area contributed by atoms with Gasteiger partial charge in [0, 0.05) is 61.4 Å². The first kappa shape index (κ1) is 26.9. The molecule has 2 aliphatic heterocycles. The molecule has 2 saturated heterocycles. The Labute approximate surface area is 222 Å². The first-order chi connectivity index (χ1) is 17.7. The Balaban J connectivity index is 1.27. The van der Waals surface area contributed by atoms with Crippen molar-refractivity contribution in [1.29, 1.82) is 0 Å². The Kier molecular flexibility index (Phi) is 8.71. The molecule has 0 saturated carbocycles. The molecule has 200 valence electrons. The van der Waals surface area contributed by atoms with Gasteiger partial charge in [-0.2, -0.15) is 0 Å². The van der Waals surface area contributed by atoms with Crippen LogP contribution in [0.25, 0.3) is 0 Å². The highest BCUT2D eigenvalue weighted by atomic mass is 32.1. The molecule has 0 radical (unpaired) electrons. The monoisotopic (exact) mass is 527 g/mol. The van der Waals surface area contributed by atoms with Gasteiger partial charge in [-0.3, -0.25) is 9.69 Å². The third kappa shape index (κ3) is 7.69. The molecule has 2 aromatic rings. The molecule has 0 spiro atoms. The van der Waals surface area contributed by atoms with E-state index in [1.54, 1.807) is 40.5 Å². The van der Waals surface area contributed by atoms with E-state index in [0.717, 1.165) is 30.8 Å². The lowest BCUT2D eigenvalue weighted by Crippen LogP contribution is -2.57. The molecule has 2 aliphatic rings. The number of thiophene rings is 1. The van der Waals surface area contributed by atoms with Gasteiger partial charge < -0.3 is 25.2 Å². The fraction of sp³-hybridized carbons (Fsp3) is 0.519. The van der Waals surface area contributed by atoms with Crippen LogP contribution >= 0.6 is 11.3 Å². The SMILES string of the molecule is CC(C)(C)OC(=O)N1CCN(C2CCCN(C(=O)Nc3cccc(C(=O)NCc4cccs4)c3)C2)CC1. The van der Waals surface area contributed by atoms with E-state index in [2.05, 4.69) is 15.5 Å². The second kappa shape index (κ2) is 12.0. The van der Waals surface area contributed by atoms with Crippen LogP contribution in [-0.4, -0.2) is 83.6 Å². The molecule has 0 bridgehead atoms. The standard InChI is InChI=1S/C27H37N5O4S/c1-27(2,3)36-26(35)31-14-12-30(13-15-31)22-9-5-11-32(19-22)25(34)29-21-8-4-7-20(17-21)24(33)28-18-23-10-6-16-37-23/h4,6-8,10,16-17,22H,5,9,11-15,18-19H2,1-3H3,(H,28,33)(H,29,34). The molecule has 1 aromatic heterocycles. The number of carbonyl (C=O) groups is 3. The number of ether oxygens (including phenoxy) is 1. The summed E-state index contributed by atoms with van der Waals surface area (Å²) in [5, 5.41) is 7.86. The normalized spacial score (nSPS) is 18.8. The average Bonchev–Trinajstić information content (AvgIpc) is 3.40. The molecule has 2 N–H and O–H groups in total. The number of likely N-dealkylation sites (tertiary alicyclic amines) is 1. The second-order valence-electron chi connectivity index (χ2n) is 10.5. The number of anilines is 1. The lowest BCUT2D eigenvalue weighted by Gasteiger charge is -2.43. The lowest BCUT2D eigenvalue weighted by molar-refractivity contribution is 0.00645. The lowest BCUT2D eigenvalue weighted by atomic mass is 10.0.